The van der Waals surface area contributed by atoms with Crippen LogP contribution in [0.1, 0.15) is 69.4 Å². The molecular formula is C21H30N4O3. The number of rotatable bonds is 4. The first-order valence-corrected chi connectivity index (χ1v) is 10.2. The van der Waals surface area contributed by atoms with Gasteiger partial charge in [0.2, 0.25) is 0 Å². The van der Waals surface area contributed by atoms with Crippen molar-refractivity contribution in [1.29, 1.82) is 0 Å². The Kier molecular flexibility index (Phi) is 5.72. The molecule has 0 saturated carbocycles. The number of nitrogens with one attached hydrogen (secondary N) is 1. The Balaban J connectivity index is 2.26. The van der Waals surface area contributed by atoms with E-state index in [4.69, 9.17) is 0 Å². The predicted molar refractivity (Wildman–Crippen MR) is 110 cm³/mol. The summed E-state index contributed by atoms with van der Waals surface area (Å²) >= 11 is 0. The molecule has 1 N–H and O–H groups in total. The van der Waals surface area contributed by atoms with Gasteiger partial charge in [0.05, 0.1) is 10.9 Å². The third kappa shape index (κ3) is 3.75. The Bertz CT molecular complexity index is 995. The molecule has 0 spiro atoms. The minimum absolute atomic E-state index is 0.0691. The summed E-state index contributed by atoms with van der Waals surface area (Å²) in [6, 6.07) is 1.73. The van der Waals surface area contributed by atoms with Crippen LogP contribution >= 0.6 is 0 Å². The number of hydrogen-bond acceptors (Lipinski definition) is 4. The van der Waals surface area contributed by atoms with Crippen LogP contribution in [0.2, 0.25) is 0 Å². The van der Waals surface area contributed by atoms with Gasteiger partial charge in [0.25, 0.3) is 11.5 Å². The fourth-order valence-electron chi connectivity index (χ4n) is 4.19. The smallest absolute Gasteiger partial charge is 0.329 e. The van der Waals surface area contributed by atoms with Gasteiger partial charge in [-0.05, 0) is 36.7 Å². The van der Waals surface area contributed by atoms with Crippen molar-refractivity contribution in [2.75, 3.05) is 13.1 Å². The lowest BCUT2D eigenvalue weighted by atomic mass is 9.91. The van der Waals surface area contributed by atoms with Gasteiger partial charge in [-0.3, -0.25) is 19.1 Å². The molecule has 0 aromatic carbocycles. The highest BCUT2D eigenvalue weighted by molar-refractivity contribution is 6.05. The molecule has 3 heterocycles. The van der Waals surface area contributed by atoms with E-state index in [1.165, 1.54) is 4.57 Å². The predicted octanol–water partition coefficient (Wildman–Crippen LogP) is 2.74. The molecule has 1 amide bonds. The highest BCUT2D eigenvalue weighted by atomic mass is 16.2. The third-order valence-corrected chi connectivity index (χ3v) is 5.39. The zero-order chi connectivity index (χ0) is 20.6. The molecule has 0 aliphatic carbocycles. The number of piperidine rings is 1. The number of likely N-dealkylation sites (tertiary alicyclic amines) is 1. The molecule has 1 saturated heterocycles. The molecule has 1 fully saturated rings. The van der Waals surface area contributed by atoms with Gasteiger partial charge in [0.1, 0.15) is 0 Å². The number of hydrogen-bond donors (Lipinski definition) is 1. The second-order valence-electron chi connectivity index (χ2n) is 8.52. The van der Waals surface area contributed by atoms with E-state index in [9.17, 15) is 14.4 Å². The lowest BCUT2D eigenvalue weighted by Crippen LogP contribution is -2.43. The molecule has 152 valence electrons. The van der Waals surface area contributed by atoms with Gasteiger partial charge < -0.3 is 4.90 Å². The number of H-pyrrole nitrogens is 1. The quantitative estimate of drug-likeness (QED) is 0.875. The van der Waals surface area contributed by atoms with Gasteiger partial charge >= 0.3 is 5.69 Å². The number of fused-ring (bicyclic) bond motifs is 1. The van der Waals surface area contributed by atoms with Crippen molar-refractivity contribution < 1.29 is 4.79 Å². The number of aromatic nitrogens is 3. The second-order valence-corrected chi connectivity index (χ2v) is 8.52. The summed E-state index contributed by atoms with van der Waals surface area (Å²) in [4.78, 5) is 47.3. The van der Waals surface area contributed by atoms with E-state index in [0.717, 1.165) is 12.8 Å². The average molecular weight is 386 g/mol. The summed E-state index contributed by atoms with van der Waals surface area (Å²) < 4.78 is 1.47. The maximum Gasteiger partial charge on any atom is 0.329 e. The first-order valence-electron chi connectivity index (χ1n) is 10.2. The minimum Gasteiger partial charge on any atom is -0.338 e. The van der Waals surface area contributed by atoms with Gasteiger partial charge in [-0.15, -0.1) is 0 Å². The van der Waals surface area contributed by atoms with E-state index in [1.54, 1.807) is 6.07 Å². The largest absolute Gasteiger partial charge is 0.338 e. The standard InChI is InChI=1S/C21H30N4O3/c1-6-7-25-18-17(19(26)23-21(25)28)15(9-16(22-18)12(2)3)20(27)24-10-13(4)8-14(5)11-24/h9,12-14H,6-8,10-11H2,1-5H3,(H,23,26,28). The van der Waals surface area contributed by atoms with Crippen molar-refractivity contribution in [3.8, 4) is 0 Å². The SMILES string of the molecule is CCCn1c(=O)[nH]c(=O)c2c(C(=O)N3CC(C)CC(C)C3)cc(C(C)C)nc21. The number of aromatic amines is 1. The van der Waals surface area contributed by atoms with Gasteiger partial charge in [0.15, 0.2) is 5.65 Å². The fraction of sp³-hybridized carbons (Fsp3) is 0.619. The summed E-state index contributed by atoms with van der Waals surface area (Å²) in [5.41, 5.74) is 0.344. The van der Waals surface area contributed by atoms with Crippen molar-refractivity contribution >= 4 is 16.9 Å². The zero-order valence-corrected chi connectivity index (χ0v) is 17.4. The highest BCUT2D eigenvalue weighted by Crippen LogP contribution is 2.25. The Labute approximate surface area is 164 Å². The molecule has 3 rings (SSSR count). The van der Waals surface area contributed by atoms with E-state index in [1.807, 2.05) is 25.7 Å². The van der Waals surface area contributed by atoms with E-state index in [0.29, 0.717) is 48.4 Å². The minimum atomic E-state index is -0.545. The Morgan fingerprint density at radius 3 is 2.46 bits per heavy atom. The van der Waals surface area contributed by atoms with Crippen LogP contribution in [0.4, 0.5) is 0 Å². The molecule has 0 radical (unpaired) electrons. The van der Waals surface area contributed by atoms with Gasteiger partial charge in [0, 0.05) is 25.3 Å². The Morgan fingerprint density at radius 1 is 1.25 bits per heavy atom. The molecule has 2 aromatic heterocycles. The van der Waals surface area contributed by atoms with Crippen LogP contribution < -0.4 is 11.2 Å². The normalized spacial score (nSPS) is 20.1. The van der Waals surface area contributed by atoms with Gasteiger partial charge in [-0.2, -0.15) is 0 Å². The van der Waals surface area contributed by atoms with E-state index in [-0.39, 0.29) is 17.2 Å². The first-order chi connectivity index (χ1) is 13.2. The van der Waals surface area contributed by atoms with Gasteiger partial charge in [-0.1, -0.05) is 34.6 Å². The van der Waals surface area contributed by atoms with E-state index >= 15 is 0 Å². The molecule has 7 heteroatoms. The summed E-state index contributed by atoms with van der Waals surface area (Å²) in [6.07, 6.45) is 1.81. The maximum absolute atomic E-state index is 13.4. The second kappa shape index (κ2) is 7.89. The van der Waals surface area contributed by atoms with Crippen LogP contribution in [0.25, 0.3) is 11.0 Å². The lowest BCUT2D eigenvalue weighted by molar-refractivity contribution is 0.0625. The number of carbonyl (C=O) groups is 1. The Morgan fingerprint density at radius 2 is 1.89 bits per heavy atom. The van der Waals surface area contributed by atoms with E-state index in [2.05, 4.69) is 23.8 Å². The van der Waals surface area contributed by atoms with Crippen LogP contribution in [0.5, 0.6) is 0 Å². The number of pyridine rings is 1. The van der Waals surface area contributed by atoms with Crippen LogP contribution in [0.15, 0.2) is 15.7 Å². The van der Waals surface area contributed by atoms with Crippen LogP contribution in [-0.4, -0.2) is 38.4 Å². The number of nitrogens with zero attached hydrogens (tertiary/aromatic N) is 3. The molecule has 2 unspecified atom stereocenters. The van der Waals surface area contributed by atoms with Crippen molar-refractivity contribution in [1.82, 2.24) is 19.4 Å². The molecule has 7 nitrogen and oxygen atoms in total. The third-order valence-electron chi connectivity index (χ3n) is 5.39. The average Bonchev–Trinajstić information content (AvgIpc) is 2.62. The Hall–Kier alpha value is -2.44. The van der Waals surface area contributed by atoms with E-state index < -0.39 is 11.2 Å². The molecule has 28 heavy (non-hydrogen) atoms. The van der Waals surface area contributed by atoms with Crippen molar-refractivity contribution in [3.05, 3.63) is 38.2 Å². The molecular weight excluding hydrogens is 356 g/mol. The number of aryl methyl sites for hydroxylation is 1. The fourth-order valence-corrected chi connectivity index (χ4v) is 4.19. The highest BCUT2D eigenvalue weighted by Gasteiger charge is 2.29. The molecule has 1 aliphatic rings. The monoisotopic (exact) mass is 386 g/mol. The molecule has 0 bridgehead atoms. The molecule has 2 atom stereocenters. The van der Waals surface area contributed by atoms with Gasteiger partial charge in [-0.25, -0.2) is 9.78 Å². The van der Waals surface area contributed by atoms with Crippen molar-refractivity contribution in [2.24, 2.45) is 11.8 Å². The van der Waals surface area contributed by atoms with Crippen LogP contribution in [0.3, 0.4) is 0 Å². The zero-order valence-electron chi connectivity index (χ0n) is 17.4. The lowest BCUT2D eigenvalue weighted by Gasteiger charge is -2.35. The van der Waals surface area contributed by atoms with Crippen LogP contribution in [-0.2, 0) is 6.54 Å². The number of carbonyl (C=O) groups excluding carboxylic acids is 1. The van der Waals surface area contributed by atoms with Crippen molar-refractivity contribution in [2.45, 2.75) is 59.9 Å². The van der Waals surface area contributed by atoms with Crippen LogP contribution in [0, 0.1) is 11.8 Å². The maximum atomic E-state index is 13.4. The number of amides is 1. The summed E-state index contributed by atoms with van der Waals surface area (Å²) in [5, 5.41) is 0.216. The molecule has 2 aromatic rings. The first kappa shape index (κ1) is 20.3. The summed E-state index contributed by atoms with van der Waals surface area (Å²) in [5.74, 6) is 0.753. The summed E-state index contributed by atoms with van der Waals surface area (Å²) in [6.45, 7) is 12.0. The topological polar surface area (TPSA) is 88.1 Å². The summed E-state index contributed by atoms with van der Waals surface area (Å²) in [7, 11) is 0. The molecule has 1 aliphatic heterocycles. The van der Waals surface area contributed by atoms with Crippen molar-refractivity contribution in [3.63, 3.8) is 0 Å².